The van der Waals surface area contributed by atoms with E-state index in [9.17, 15) is 14.9 Å². The summed E-state index contributed by atoms with van der Waals surface area (Å²) in [6.45, 7) is 5.02. The minimum atomic E-state index is -0.358. The maximum absolute atomic E-state index is 13.1. The van der Waals surface area contributed by atoms with Crippen LogP contribution in [-0.2, 0) is 16.1 Å². The normalized spacial score (nSPS) is 14.1. The molecule has 1 heterocycles. The van der Waals surface area contributed by atoms with E-state index in [2.05, 4.69) is 58.7 Å². The van der Waals surface area contributed by atoms with E-state index >= 15 is 0 Å². The molecule has 38 heavy (non-hydrogen) atoms. The van der Waals surface area contributed by atoms with Crippen LogP contribution in [0.25, 0.3) is 0 Å². The predicted molar refractivity (Wildman–Crippen MR) is 146 cm³/mol. The molecule has 7 heteroatoms. The number of nitriles is 1. The zero-order chi connectivity index (χ0) is 26.7. The van der Waals surface area contributed by atoms with E-state index in [0.717, 1.165) is 5.56 Å². The van der Waals surface area contributed by atoms with Gasteiger partial charge in [-0.2, -0.15) is 5.26 Å². The average Bonchev–Trinajstić information content (AvgIpc) is 2.97. The lowest BCUT2D eigenvalue weighted by molar-refractivity contribution is -0.128. The number of piperazine rings is 1. The van der Waals surface area contributed by atoms with Crippen molar-refractivity contribution < 1.29 is 14.3 Å². The van der Waals surface area contributed by atoms with Crippen molar-refractivity contribution in [3.8, 4) is 6.07 Å². The molecular weight excluding hydrogens is 476 g/mol. The second kappa shape index (κ2) is 13.2. The molecule has 1 aliphatic rings. The lowest BCUT2D eigenvalue weighted by Gasteiger charge is -2.39. The molecule has 3 aromatic carbocycles. The Morgan fingerprint density at radius 2 is 1.50 bits per heavy atom. The molecule has 1 saturated heterocycles. The molecule has 194 valence electrons. The summed E-state index contributed by atoms with van der Waals surface area (Å²) >= 11 is 0. The van der Waals surface area contributed by atoms with Crippen LogP contribution in [0.5, 0.6) is 0 Å². The van der Waals surface area contributed by atoms with Gasteiger partial charge >= 0.3 is 5.97 Å². The number of carbonyl (C=O) groups is 2. The van der Waals surface area contributed by atoms with E-state index in [0.29, 0.717) is 44.9 Å². The van der Waals surface area contributed by atoms with E-state index < -0.39 is 0 Å². The number of amides is 1. The van der Waals surface area contributed by atoms with Gasteiger partial charge in [-0.1, -0.05) is 72.8 Å². The fourth-order valence-corrected chi connectivity index (χ4v) is 4.62. The first kappa shape index (κ1) is 26.6. The van der Waals surface area contributed by atoms with Gasteiger partial charge in [-0.3, -0.25) is 9.69 Å². The summed E-state index contributed by atoms with van der Waals surface area (Å²) in [5.41, 5.74) is 3.91. The molecule has 4 rings (SSSR count). The van der Waals surface area contributed by atoms with Gasteiger partial charge in [-0.25, -0.2) is 4.79 Å². The first-order valence-electron chi connectivity index (χ1n) is 12.8. The van der Waals surface area contributed by atoms with Crippen molar-refractivity contribution in [2.75, 3.05) is 32.8 Å². The number of rotatable bonds is 9. The maximum Gasteiger partial charge on any atom is 0.338 e. The smallest absolute Gasteiger partial charge is 0.338 e. The Kier molecular flexibility index (Phi) is 9.27. The molecule has 1 N–H and O–H groups in total. The van der Waals surface area contributed by atoms with Crippen LogP contribution in [0, 0.1) is 11.3 Å². The topological polar surface area (TPSA) is 85.7 Å². The van der Waals surface area contributed by atoms with Crippen molar-refractivity contribution in [2.24, 2.45) is 0 Å². The monoisotopic (exact) mass is 508 g/mol. The van der Waals surface area contributed by atoms with E-state index in [1.165, 1.54) is 17.3 Å². The molecular formula is C31H32N4O3. The Morgan fingerprint density at radius 3 is 2.03 bits per heavy atom. The summed E-state index contributed by atoms with van der Waals surface area (Å²) in [5.74, 6) is -0.628. The number of benzene rings is 3. The highest BCUT2D eigenvalue weighted by molar-refractivity contribution is 5.97. The van der Waals surface area contributed by atoms with Crippen LogP contribution >= 0.6 is 0 Å². The second-order valence-corrected chi connectivity index (χ2v) is 9.02. The van der Waals surface area contributed by atoms with Crippen molar-refractivity contribution >= 4 is 11.9 Å². The molecule has 3 aromatic rings. The van der Waals surface area contributed by atoms with Gasteiger partial charge in [0, 0.05) is 38.9 Å². The Balaban J connectivity index is 1.35. The average molecular weight is 509 g/mol. The van der Waals surface area contributed by atoms with Crippen LogP contribution < -0.4 is 5.32 Å². The molecule has 0 aliphatic carbocycles. The molecule has 0 unspecified atom stereocenters. The first-order chi connectivity index (χ1) is 18.6. The van der Waals surface area contributed by atoms with Gasteiger partial charge < -0.3 is 15.0 Å². The summed E-state index contributed by atoms with van der Waals surface area (Å²) in [5, 5.41) is 12.7. The molecule has 7 nitrogen and oxygen atoms in total. The van der Waals surface area contributed by atoms with Crippen molar-refractivity contribution in [2.45, 2.75) is 19.5 Å². The fraction of sp³-hybridized carbons (Fsp3) is 0.258. The van der Waals surface area contributed by atoms with Gasteiger partial charge in [0.15, 0.2) is 0 Å². The molecule has 0 bridgehead atoms. The first-order valence-corrected chi connectivity index (χ1v) is 12.8. The number of esters is 1. The zero-order valence-corrected chi connectivity index (χ0v) is 21.5. The number of hydrogen-bond acceptors (Lipinski definition) is 6. The molecule has 1 aliphatic heterocycles. The van der Waals surface area contributed by atoms with Crippen LogP contribution in [0.4, 0.5) is 0 Å². The molecule has 1 fully saturated rings. The van der Waals surface area contributed by atoms with Gasteiger partial charge in [0.1, 0.15) is 11.6 Å². The maximum atomic E-state index is 13.1. The van der Waals surface area contributed by atoms with Crippen LogP contribution in [0.15, 0.2) is 96.7 Å². The molecule has 0 radical (unpaired) electrons. The number of carbonyl (C=O) groups excluding carboxylic acids is 2. The minimum Gasteiger partial charge on any atom is -0.462 e. The predicted octanol–water partition coefficient (Wildman–Crippen LogP) is 4.29. The number of ether oxygens (including phenoxy) is 1. The van der Waals surface area contributed by atoms with Gasteiger partial charge in [-0.15, -0.1) is 0 Å². The lowest BCUT2D eigenvalue weighted by atomic mass is 9.96. The Bertz CT molecular complexity index is 1240. The van der Waals surface area contributed by atoms with Crippen molar-refractivity contribution in [3.63, 3.8) is 0 Å². The molecule has 1 amide bonds. The third-order valence-electron chi connectivity index (χ3n) is 6.57. The SMILES string of the molecule is CCOC(=O)c1ccc(CN/C=C(/C#N)C(=O)N2CCN(C(c3ccccc3)c3ccccc3)CC2)cc1. The highest BCUT2D eigenvalue weighted by Gasteiger charge is 2.29. The van der Waals surface area contributed by atoms with E-state index in [-0.39, 0.29) is 23.5 Å². The highest BCUT2D eigenvalue weighted by atomic mass is 16.5. The second-order valence-electron chi connectivity index (χ2n) is 9.02. The summed E-state index contributed by atoms with van der Waals surface area (Å²) in [6, 6.07) is 30.0. The number of nitrogens with zero attached hydrogens (tertiary/aromatic N) is 3. The highest BCUT2D eigenvalue weighted by Crippen LogP contribution is 2.29. The van der Waals surface area contributed by atoms with Crippen LogP contribution in [0.3, 0.4) is 0 Å². The summed E-state index contributed by atoms with van der Waals surface area (Å²) < 4.78 is 5.00. The largest absolute Gasteiger partial charge is 0.462 e. The standard InChI is InChI=1S/C31H32N4O3/c1-2-38-31(37)27-15-13-24(14-16-27)22-33-23-28(21-32)30(36)35-19-17-34(18-20-35)29(25-9-5-3-6-10-25)26-11-7-4-8-12-26/h3-16,23,29,33H,2,17-20,22H2,1H3/b28-23-. The summed E-state index contributed by atoms with van der Waals surface area (Å²) in [7, 11) is 0. The van der Waals surface area contributed by atoms with Gasteiger partial charge in [0.05, 0.1) is 18.2 Å². The van der Waals surface area contributed by atoms with Crippen molar-refractivity contribution in [1.82, 2.24) is 15.1 Å². The molecule has 0 atom stereocenters. The van der Waals surface area contributed by atoms with Gasteiger partial charge in [0.2, 0.25) is 0 Å². The quantitative estimate of drug-likeness (QED) is 0.264. The van der Waals surface area contributed by atoms with Crippen LogP contribution in [-0.4, -0.2) is 54.5 Å². The zero-order valence-electron chi connectivity index (χ0n) is 21.5. The molecule has 0 spiro atoms. The third kappa shape index (κ3) is 6.67. The van der Waals surface area contributed by atoms with Gasteiger partial charge in [-0.05, 0) is 35.7 Å². The van der Waals surface area contributed by atoms with Gasteiger partial charge in [0.25, 0.3) is 5.91 Å². The summed E-state index contributed by atoms with van der Waals surface area (Å²) in [6.07, 6.45) is 1.48. The fourth-order valence-electron chi connectivity index (χ4n) is 4.62. The van der Waals surface area contributed by atoms with E-state index in [1.54, 1.807) is 24.0 Å². The van der Waals surface area contributed by atoms with Crippen LogP contribution in [0.2, 0.25) is 0 Å². The summed E-state index contributed by atoms with van der Waals surface area (Å²) in [4.78, 5) is 29.0. The number of hydrogen-bond donors (Lipinski definition) is 1. The third-order valence-corrected chi connectivity index (χ3v) is 6.57. The Labute approximate surface area is 223 Å². The minimum absolute atomic E-state index is 0.0734. The number of nitrogens with one attached hydrogen (secondary N) is 1. The molecule has 0 saturated carbocycles. The van der Waals surface area contributed by atoms with Crippen LogP contribution in [0.1, 0.15) is 40.0 Å². The lowest BCUT2D eigenvalue weighted by Crippen LogP contribution is -2.50. The Hall–Kier alpha value is -4.41. The van der Waals surface area contributed by atoms with E-state index in [4.69, 9.17) is 4.74 Å². The Morgan fingerprint density at radius 1 is 0.921 bits per heavy atom. The van der Waals surface area contributed by atoms with Crippen molar-refractivity contribution in [3.05, 3.63) is 119 Å². The van der Waals surface area contributed by atoms with Crippen molar-refractivity contribution in [1.29, 1.82) is 5.26 Å². The van der Waals surface area contributed by atoms with E-state index in [1.807, 2.05) is 30.3 Å². The molecule has 0 aromatic heterocycles.